The number of ketones is 1. The van der Waals surface area contributed by atoms with Crippen molar-refractivity contribution in [1.82, 2.24) is 0 Å². The van der Waals surface area contributed by atoms with Gasteiger partial charge < -0.3 is 9.16 Å². The van der Waals surface area contributed by atoms with Gasteiger partial charge in [0.25, 0.3) is 0 Å². The van der Waals surface area contributed by atoms with Crippen LogP contribution in [0.2, 0.25) is 18.1 Å². The number of Topliss-reactive ketones (excluding diaryl/α,β-unsaturated/α-hetero) is 1. The van der Waals surface area contributed by atoms with E-state index in [1.54, 1.807) is 0 Å². The van der Waals surface area contributed by atoms with Gasteiger partial charge in [0, 0.05) is 13.0 Å². The maximum Gasteiger partial charge on any atom is 0.191 e. The SMILES string of the molecule is CCCC[C@H]1CC(=O)[C@H](CCCO[Si](C)(C)C(C)(C)C)O1. The smallest absolute Gasteiger partial charge is 0.191 e. The van der Waals surface area contributed by atoms with Crippen molar-refractivity contribution in [2.24, 2.45) is 0 Å². The van der Waals surface area contributed by atoms with E-state index < -0.39 is 8.32 Å². The molecule has 0 amide bonds. The Morgan fingerprint density at radius 1 is 1.24 bits per heavy atom. The van der Waals surface area contributed by atoms with E-state index >= 15 is 0 Å². The first-order valence-electron chi connectivity index (χ1n) is 8.49. The third kappa shape index (κ3) is 5.84. The van der Waals surface area contributed by atoms with Crippen LogP contribution < -0.4 is 0 Å². The van der Waals surface area contributed by atoms with Gasteiger partial charge in [-0.05, 0) is 37.4 Å². The van der Waals surface area contributed by atoms with Gasteiger partial charge in [-0.3, -0.25) is 4.79 Å². The van der Waals surface area contributed by atoms with Crippen LogP contribution in [0.4, 0.5) is 0 Å². The summed E-state index contributed by atoms with van der Waals surface area (Å²) in [4.78, 5) is 11.9. The predicted molar refractivity (Wildman–Crippen MR) is 90.2 cm³/mol. The fourth-order valence-corrected chi connectivity index (χ4v) is 3.44. The zero-order chi connectivity index (χ0) is 16.1. The molecule has 1 aliphatic rings. The Kier molecular flexibility index (Phi) is 7.08. The average Bonchev–Trinajstić information content (AvgIpc) is 2.71. The molecule has 0 radical (unpaired) electrons. The predicted octanol–water partition coefficient (Wildman–Crippen LogP) is 4.71. The summed E-state index contributed by atoms with van der Waals surface area (Å²) >= 11 is 0. The van der Waals surface area contributed by atoms with Crippen LogP contribution >= 0.6 is 0 Å². The second-order valence-electron chi connectivity index (χ2n) is 7.81. The highest BCUT2D eigenvalue weighted by atomic mass is 28.4. The second-order valence-corrected chi connectivity index (χ2v) is 12.6. The van der Waals surface area contributed by atoms with E-state index in [-0.39, 0.29) is 17.2 Å². The molecule has 3 nitrogen and oxygen atoms in total. The first-order valence-corrected chi connectivity index (χ1v) is 11.4. The van der Waals surface area contributed by atoms with Gasteiger partial charge in [-0.2, -0.15) is 0 Å². The van der Waals surface area contributed by atoms with Crippen LogP contribution in [0.15, 0.2) is 0 Å². The highest BCUT2D eigenvalue weighted by Crippen LogP contribution is 2.36. The van der Waals surface area contributed by atoms with Crippen molar-refractivity contribution in [3.05, 3.63) is 0 Å². The van der Waals surface area contributed by atoms with E-state index in [2.05, 4.69) is 40.8 Å². The molecule has 21 heavy (non-hydrogen) atoms. The lowest BCUT2D eigenvalue weighted by atomic mass is 10.1. The van der Waals surface area contributed by atoms with Crippen LogP contribution in [0.25, 0.3) is 0 Å². The highest BCUT2D eigenvalue weighted by molar-refractivity contribution is 6.74. The Morgan fingerprint density at radius 2 is 1.90 bits per heavy atom. The van der Waals surface area contributed by atoms with Gasteiger partial charge in [-0.25, -0.2) is 0 Å². The largest absolute Gasteiger partial charge is 0.417 e. The number of rotatable bonds is 8. The first kappa shape index (κ1) is 18.9. The molecular weight excluding hydrogens is 280 g/mol. The number of hydrogen-bond donors (Lipinski definition) is 0. The van der Waals surface area contributed by atoms with Gasteiger partial charge in [0.05, 0.1) is 6.10 Å². The molecule has 1 aliphatic heterocycles. The van der Waals surface area contributed by atoms with Crippen molar-refractivity contribution in [2.75, 3.05) is 6.61 Å². The van der Waals surface area contributed by atoms with Gasteiger partial charge in [0.15, 0.2) is 14.1 Å². The molecule has 0 aromatic carbocycles. The van der Waals surface area contributed by atoms with Gasteiger partial charge >= 0.3 is 0 Å². The minimum absolute atomic E-state index is 0.170. The molecule has 0 aromatic rings. The van der Waals surface area contributed by atoms with Crippen molar-refractivity contribution >= 4 is 14.1 Å². The van der Waals surface area contributed by atoms with Crippen LogP contribution in [0.1, 0.15) is 66.2 Å². The van der Waals surface area contributed by atoms with Crippen molar-refractivity contribution in [3.63, 3.8) is 0 Å². The third-order valence-electron chi connectivity index (χ3n) is 4.90. The number of unbranched alkanes of at least 4 members (excludes halogenated alkanes) is 1. The molecule has 0 unspecified atom stereocenters. The fraction of sp³-hybridized carbons (Fsp3) is 0.941. The third-order valence-corrected chi connectivity index (χ3v) is 9.44. The monoisotopic (exact) mass is 314 g/mol. The quantitative estimate of drug-likeness (QED) is 0.481. The van der Waals surface area contributed by atoms with Crippen molar-refractivity contribution in [1.29, 1.82) is 0 Å². The van der Waals surface area contributed by atoms with E-state index in [0.29, 0.717) is 12.2 Å². The molecule has 0 spiro atoms. The molecule has 1 saturated heterocycles. The van der Waals surface area contributed by atoms with E-state index in [9.17, 15) is 4.79 Å². The number of hydrogen-bond acceptors (Lipinski definition) is 3. The fourth-order valence-electron chi connectivity index (χ4n) is 2.36. The molecule has 2 atom stereocenters. The van der Waals surface area contributed by atoms with Gasteiger partial charge in [-0.15, -0.1) is 0 Å². The number of carbonyl (C=O) groups excluding carboxylic acids is 1. The van der Waals surface area contributed by atoms with Crippen LogP contribution in [0.5, 0.6) is 0 Å². The molecule has 0 N–H and O–H groups in total. The van der Waals surface area contributed by atoms with E-state index in [1.165, 1.54) is 6.42 Å². The van der Waals surface area contributed by atoms with E-state index in [0.717, 1.165) is 32.3 Å². The number of carbonyl (C=O) groups is 1. The minimum Gasteiger partial charge on any atom is -0.417 e. The Labute approximate surface area is 131 Å². The maximum atomic E-state index is 11.9. The van der Waals surface area contributed by atoms with Crippen molar-refractivity contribution < 1.29 is 14.0 Å². The van der Waals surface area contributed by atoms with Crippen molar-refractivity contribution in [3.8, 4) is 0 Å². The van der Waals surface area contributed by atoms with Crippen molar-refractivity contribution in [2.45, 2.75) is 96.6 Å². The molecule has 0 aromatic heterocycles. The van der Waals surface area contributed by atoms with Crippen LogP contribution in [0.3, 0.4) is 0 Å². The van der Waals surface area contributed by atoms with E-state index in [1.807, 2.05) is 0 Å². The summed E-state index contributed by atoms with van der Waals surface area (Å²) in [6, 6.07) is 0. The highest BCUT2D eigenvalue weighted by Gasteiger charge is 2.37. The summed E-state index contributed by atoms with van der Waals surface area (Å²) < 4.78 is 12.0. The number of ether oxygens (including phenoxy) is 1. The summed E-state index contributed by atoms with van der Waals surface area (Å²) in [5.41, 5.74) is 0. The Balaban J connectivity index is 2.26. The first-order chi connectivity index (χ1) is 9.67. The molecule has 0 aliphatic carbocycles. The molecule has 4 heteroatoms. The Bertz CT molecular complexity index is 333. The molecule has 1 fully saturated rings. The van der Waals surface area contributed by atoms with Gasteiger partial charge in [0.1, 0.15) is 6.10 Å². The summed E-state index contributed by atoms with van der Waals surface area (Å²) in [6.07, 6.45) is 5.70. The summed E-state index contributed by atoms with van der Waals surface area (Å²) in [6.45, 7) is 14.2. The standard InChI is InChI=1S/C17H34O3Si/c1-7-8-10-14-13-15(18)16(20-14)11-9-12-19-21(5,6)17(2,3)4/h14,16H,7-13H2,1-6H3/t14-,16-/m0/s1. The Hall–Kier alpha value is -0.193. The summed E-state index contributed by atoms with van der Waals surface area (Å²) in [5.74, 6) is 0.295. The lowest BCUT2D eigenvalue weighted by molar-refractivity contribution is -0.122. The summed E-state index contributed by atoms with van der Waals surface area (Å²) in [7, 11) is -1.66. The maximum absolute atomic E-state index is 11.9. The summed E-state index contributed by atoms with van der Waals surface area (Å²) in [5, 5.41) is 0.248. The van der Waals surface area contributed by atoms with Crippen LogP contribution in [-0.2, 0) is 14.0 Å². The normalized spacial score (nSPS) is 23.8. The molecule has 124 valence electrons. The molecule has 1 heterocycles. The Morgan fingerprint density at radius 3 is 2.48 bits per heavy atom. The molecule has 0 saturated carbocycles. The lowest BCUT2D eigenvalue weighted by Crippen LogP contribution is -2.41. The topological polar surface area (TPSA) is 35.5 Å². The van der Waals surface area contributed by atoms with Gasteiger partial charge in [0.2, 0.25) is 0 Å². The lowest BCUT2D eigenvalue weighted by Gasteiger charge is -2.36. The van der Waals surface area contributed by atoms with Gasteiger partial charge in [-0.1, -0.05) is 40.5 Å². The minimum atomic E-state index is -1.66. The van der Waals surface area contributed by atoms with Crippen LogP contribution in [0, 0.1) is 0 Å². The zero-order valence-corrected chi connectivity index (χ0v) is 15.8. The zero-order valence-electron chi connectivity index (χ0n) is 14.8. The second kappa shape index (κ2) is 7.89. The molecular formula is C17H34O3Si. The van der Waals surface area contributed by atoms with Crippen LogP contribution in [-0.4, -0.2) is 32.9 Å². The molecule has 1 rings (SSSR count). The molecule has 0 bridgehead atoms. The van der Waals surface area contributed by atoms with E-state index in [4.69, 9.17) is 9.16 Å². The average molecular weight is 315 g/mol.